The van der Waals surface area contributed by atoms with Gasteiger partial charge in [-0.15, -0.1) is 0 Å². The highest BCUT2D eigenvalue weighted by Crippen LogP contribution is 2.54. The lowest BCUT2D eigenvalue weighted by molar-refractivity contribution is -0.125. The summed E-state index contributed by atoms with van der Waals surface area (Å²) in [5, 5.41) is 7.52. The number of aliphatic imine (C=N–C) groups is 1. The summed E-state index contributed by atoms with van der Waals surface area (Å²) in [5.74, 6) is 0.846. The SMILES string of the molecule is CCOc1cc(C(C)(C)C)ncc1C1=N[C@@](C)(c2ccc(Cl)cc2)[C@@](C)(c2ccc(Cl)cc2)N1C(=O)N1CCN[C@H](C(=O)NC(C)(C)C)C1. The molecule has 3 heterocycles. The molecular weight excluding hydrogens is 659 g/mol. The van der Waals surface area contributed by atoms with E-state index in [9.17, 15) is 4.79 Å². The monoisotopic (exact) mass is 706 g/mol. The third-order valence-corrected chi connectivity index (χ3v) is 9.88. The number of hydrogen-bond acceptors (Lipinski definition) is 6. The van der Waals surface area contributed by atoms with E-state index in [1.165, 1.54) is 0 Å². The lowest BCUT2D eigenvalue weighted by Gasteiger charge is -2.47. The van der Waals surface area contributed by atoms with Crippen molar-refractivity contribution in [2.45, 2.75) is 90.4 Å². The second kappa shape index (κ2) is 13.6. The summed E-state index contributed by atoms with van der Waals surface area (Å²) >= 11 is 12.8. The number of rotatable bonds is 6. The molecule has 1 saturated heterocycles. The van der Waals surface area contributed by atoms with Gasteiger partial charge in [-0.05, 0) is 76.9 Å². The number of nitrogens with zero attached hydrogens (tertiary/aromatic N) is 4. The Balaban J connectivity index is 1.74. The zero-order valence-electron chi connectivity index (χ0n) is 29.9. The van der Waals surface area contributed by atoms with Crippen molar-refractivity contribution in [3.05, 3.63) is 93.2 Å². The number of urea groups is 1. The van der Waals surface area contributed by atoms with Crippen LogP contribution in [0.2, 0.25) is 10.0 Å². The number of carbonyl (C=O) groups is 2. The Morgan fingerprint density at radius 2 is 1.57 bits per heavy atom. The Hall–Kier alpha value is -3.66. The van der Waals surface area contributed by atoms with Crippen LogP contribution >= 0.6 is 23.2 Å². The van der Waals surface area contributed by atoms with E-state index in [1.54, 1.807) is 16.0 Å². The summed E-state index contributed by atoms with van der Waals surface area (Å²) in [7, 11) is 0. The first kappa shape index (κ1) is 36.6. The highest BCUT2D eigenvalue weighted by Gasteiger charge is 2.60. The van der Waals surface area contributed by atoms with Crippen molar-refractivity contribution in [3.8, 4) is 5.75 Å². The first-order chi connectivity index (χ1) is 22.9. The molecule has 9 nitrogen and oxygen atoms in total. The predicted molar refractivity (Wildman–Crippen MR) is 197 cm³/mol. The van der Waals surface area contributed by atoms with E-state index < -0.39 is 22.7 Å². The molecule has 2 aromatic carbocycles. The Kier molecular flexibility index (Phi) is 10.1. The van der Waals surface area contributed by atoms with Crippen molar-refractivity contribution < 1.29 is 14.3 Å². The van der Waals surface area contributed by atoms with Crippen molar-refractivity contribution >= 4 is 41.0 Å². The molecule has 0 radical (unpaired) electrons. The van der Waals surface area contributed by atoms with Crippen LogP contribution in [0, 0.1) is 0 Å². The van der Waals surface area contributed by atoms with E-state index in [1.807, 2.05) is 96.1 Å². The molecule has 3 amide bonds. The lowest BCUT2D eigenvalue weighted by Crippen LogP contribution is -2.64. The van der Waals surface area contributed by atoms with Crippen LogP contribution in [-0.4, -0.2) is 70.4 Å². The van der Waals surface area contributed by atoms with E-state index in [-0.39, 0.29) is 23.9 Å². The first-order valence-corrected chi connectivity index (χ1v) is 17.5. The quantitative estimate of drug-likeness (QED) is 0.281. The molecular formula is C38H48Cl2N6O3. The van der Waals surface area contributed by atoms with Gasteiger partial charge < -0.3 is 20.3 Å². The van der Waals surface area contributed by atoms with Crippen molar-refractivity contribution in [3.63, 3.8) is 0 Å². The van der Waals surface area contributed by atoms with E-state index in [2.05, 4.69) is 31.4 Å². The molecule has 5 rings (SSSR count). The van der Waals surface area contributed by atoms with Crippen LogP contribution in [-0.2, 0) is 21.3 Å². The second-order valence-corrected chi connectivity index (χ2v) is 16.0. The zero-order valence-corrected chi connectivity index (χ0v) is 31.5. The van der Waals surface area contributed by atoms with Crippen LogP contribution in [0.4, 0.5) is 4.79 Å². The summed E-state index contributed by atoms with van der Waals surface area (Å²) in [6.45, 7) is 19.5. The number of amides is 3. The number of amidine groups is 1. The summed E-state index contributed by atoms with van der Waals surface area (Å²) in [6.07, 6.45) is 1.76. The van der Waals surface area contributed by atoms with Gasteiger partial charge >= 0.3 is 6.03 Å². The summed E-state index contributed by atoms with van der Waals surface area (Å²) in [4.78, 5) is 42.4. The molecule has 3 aromatic rings. The predicted octanol–water partition coefficient (Wildman–Crippen LogP) is 7.29. The Bertz CT molecular complexity index is 1730. The number of halogens is 2. The lowest BCUT2D eigenvalue weighted by atomic mass is 9.71. The van der Waals surface area contributed by atoms with Gasteiger partial charge in [0.1, 0.15) is 28.7 Å². The molecule has 262 valence electrons. The topological polar surface area (TPSA) is 99.2 Å². The van der Waals surface area contributed by atoms with E-state index >= 15 is 4.79 Å². The largest absolute Gasteiger partial charge is 0.493 e. The number of ether oxygens (including phenoxy) is 1. The van der Waals surface area contributed by atoms with Crippen LogP contribution in [0.1, 0.15) is 84.7 Å². The molecule has 0 bridgehead atoms. The van der Waals surface area contributed by atoms with E-state index in [4.69, 9.17) is 37.9 Å². The zero-order chi connectivity index (χ0) is 35.9. The summed E-state index contributed by atoms with van der Waals surface area (Å²) < 4.78 is 6.26. The standard InChI is InChI=1S/C38H48Cl2N6O3/c1-10-49-30-21-31(35(2,3)4)42-22-28(30)32-43-37(8,24-11-15-26(39)16-12-24)38(9,25-13-17-27(40)18-14-25)46(32)34(48)45-20-19-41-29(23-45)33(47)44-36(5,6)7/h11-18,21-22,29,41H,10,19-20,23H2,1-9H3,(H,44,47)/t29-,37-,38+/m0/s1. The molecule has 2 N–H and O–H groups in total. The van der Waals surface area contributed by atoms with Gasteiger partial charge in [-0.25, -0.2) is 4.79 Å². The molecule has 0 unspecified atom stereocenters. The summed E-state index contributed by atoms with van der Waals surface area (Å²) in [5.41, 5.74) is 0.381. The number of pyridine rings is 1. The third kappa shape index (κ3) is 7.16. The summed E-state index contributed by atoms with van der Waals surface area (Å²) in [6, 6.07) is 16.2. The van der Waals surface area contributed by atoms with Crippen molar-refractivity contribution in [1.82, 2.24) is 25.4 Å². The number of aromatic nitrogens is 1. The van der Waals surface area contributed by atoms with Crippen molar-refractivity contribution in [2.75, 3.05) is 26.2 Å². The van der Waals surface area contributed by atoms with E-state index in [0.29, 0.717) is 46.9 Å². The Morgan fingerprint density at radius 1 is 0.980 bits per heavy atom. The average Bonchev–Trinajstić information content (AvgIpc) is 3.28. The Labute approximate surface area is 300 Å². The van der Waals surface area contributed by atoms with Crippen LogP contribution in [0.5, 0.6) is 5.75 Å². The van der Waals surface area contributed by atoms with Gasteiger partial charge in [-0.2, -0.15) is 0 Å². The molecule has 11 heteroatoms. The number of piperazine rings is 1. The van der Waals surface area contributed by atoms with Gasteiger partial charge in [-0.1, -0.05) is 68.2 Å². The molecule has 0 spiro atoms. The third-order valence-electron chi connectivity index (χ3n) is 9.38. The minimum atomic E-state index is -1.09. The van der Waals surface area contributed by atoms with Gasteiger partial charge in [0.15, 0.2) is 0 Å². The molecule has 3 atom stereocenters. The first-order valence-electron chi connectivity index (χ1n) is 16.8. The maximum absolute atomic E-state index is 15.3. The fourth-order valence-electron chi connectivity index (χ4n) is 6.55. The minimum absolute atomic E-state index is 0.160. The highest BCUT2D eigenvalue weighted by molar-refractivity contribution is 6.30. The smallest absolute Gasteiger partial charge is 0.326 e. The van der Waals surface area contributed by atoms with Gasteiger partial charge in [0.05, 0.1) is 12.2 Å². The fourth-order valence-corrected chi connectivity index (χ4v) is 6.81. The number of benzene rings is 2. The Morgan fingerprint density at radius 3 is 2.12 bits per heavy atom. The van der Waals surface area contributed by atoms with Gasteiger partial charge in [-0.3, -0.25) is 19.7 Å². The van der Waals surface area contributed by atoms with Crippen LogP contribution in [0.25, 0.3) is 0 Å². The van der Waals surface area contributed by atoms with Crippen LogP contribution in [0.3, 0.4) is 0 Å². The second-order valence-electron chi connectivity index (χ2n) is 15.2. The highest BCUT2D eigenvalue weighted by atomic mass is 35.5. The van der Waals surface area contributed by atoms with Crippen LogP contribution < -0.4 is 15.4 Å². The van der Waals surface area contributed by atoms with Crippen molar-refractivity contribution in [2.24, 2.45) is 4.99 Å². The van der Waals surface area contributed by atoms with Gasteiger partial charge in [0.25, 0.3) is 0 Å². The number of hydrogen-bond donors (Lipinski definition) is 2. The minimum Gasteiger partial charge on any atom is -0.493 e. The van der Waals surface area contributed by atoms with Crippen molar-refractivity contribution in [1.29, 1.82) is 0 Å². The van der Waals surface area contributed by atoms with Crippen LogP contribution in [0.15, 0.2) is 65.8 Å². The van der Waals surface area contributed by atoms with Gasteiger partial charge in [0.2, 0.25) is 5.91 Å². The molecule has 49 heavy (non-hydrogen) atoms. The molecule has 2 aliphatic rings. The maximum atomic E-state index is 15.3. The maximum Gasteiger partial charge on any atom is 0.326 e. The molecule has 0 saturated carbocycles. The molecule has 0 aliphatic carbocycles. The van der Waals surface area contributed by atoms with Gasteiger partial charge in [0, 0.05) is 58.6 Å². The normalized spacial score (nSPS) is 22.9. The number of nitrogens with one attached hydrogen (secondary N) is 2. The molecule has 2 aliphatic heterocycles. The fraction of sp³-hybridized carbons (Fsp3) is 0.474. The van der Waals surface area contributed by atoms with E-state index in [0.717, 1.165) is 16.8 Å². The molecule has 1 fully saturated rings. The number of carbonyl (C=O) groups excluding carboxylic acids is 2. The molecule has 1 aromatic heterocycles. The average molecular weight is 708 g/mol.